The predicted octanol–water partition coefficient (Wildman–Crippen LogP) is 1.56. The molecule has 1 aliphatic rings. The van der Waals surface area contributed by atoms with Crippen molar-refractivity contribution >= 4 is 17.7 Å². The van der Waals surface area contributed by atoms with Gasteiger partial charge >= 0.3 is 0 Å². The van der Waals surface area contributed by atoms with E-state index in [9.17, 15) is 14.4 Å². The van der Waals surface area contributed by atoms with Gasteiger partial charge in [0.05, 0.1) is 12.7 Å². The number of rotatable bonds is 7. The van der Waals surface area contributed by atoms with Crippen LogP contribution in [-0.4, -0.2) is 59.9 Å². The summed E-state index contributed by atoms with van der Waals surface area (Å²) in [5, 5.41) is 5.78. The number of methoxy groups -OCH3 is 1. The minimum Gasteiger partial charge on any atom is -0.497 e. The molecule has 2 N–H and O–H groups in total. The van der Waals surface area contributed by atoms with Gasteiger partial charge in [0.1, 0.15) is 11.8 Å². The molecule has 0 radical (unpaired) electrons. The van der Waals surface area contributed by atoms with Crippen LogP contribution in [0.2, 0.25) is 0 Å². The van der Waals surface area contributed by atoms with Crippen molar-refractivity contribution in [2.45, 2.75) is 38.3 Å². The number of ether oxygens (including phenoxy) is 1. The normalized spacial score (nSPS) is 15.1. The summed E-state index contributed by atoms with van der Waals surface area (Å²) in [5.74, 6) is 0.159. The highest BCUT2D eigenvalue weighted by molar-refractivity contribution is 5.94. The van der Waals surface area contributed by atoms with E-state index in [4.69, 9.17) is 4.74 Å². The zero-order valence-corrected chi connectivity index (χ0v) is 17.8. The number of aromatic nitrogens is 1. The largest absolute Gasteiger partial charge is 0.497 e. The fraction of sp³-hybridized carbons (Fsp3) is 0.391. The first kappa shape index (κ1) is 22.3. The van der Waals surface area contributed by atoms with Crippen LogP contribution in [-0.2, 0) is 16.0 Å². The molecule has 0 saturated carbocycles. The average Bonchev–Trinajstić information content (AvgIpc) is 2.79. The molecule has 3 amide bonds. The minimum atomic E-state index is -0.681. The van der Waals surface area contributed by atoms with Crippen LogP contribution in [0.15, 0.2) is 48.8 Å². The lowest BCUT2D eigenvalue weighted by molar-refractivity contribution is -0.128. The lowest BCUT2D eigenvalue weighted by Crippen LogP contribution is -2.53. The first-order chi connectivity index (χ1) is 15.0. The van der Waals surface area contributed by atoms with E-state index in [2.05, 4.69) is 15.6 Å². The van der Waals surface area contributed by atoms with Gasteiger partial charge in [-0.2, -0.15) is 0 Å². The zero-order valence-electron chi connectivity index (χ0n) is 17.8. The monoisotopic (exact) mass is 424 g/mol. The Kier molecular flexibility index (Phi) is 7.59. The summed E-state index contributed by atoms with van der Waals surface area (Å²) in [5.41, 5.74) is 1.46. The second-order valence-electron chi connectivity index (χ2n) is 7.63. The lowest BCUT2D eigenvalue weighted by Gasteiger charge is -2.33. The van der Waals surface area contributed by atoms with E-state index in [1.165, 1.54) is 6.92 Å². The fourth-order valence-corrected chi connectivity index (χ4v) is 3.69. The number of hydrogen-bond acceptors (Lipinski definition) is 5. The van der Waals surface area contributed by atoms with Gasteiger partial charge in [-0.15, -0.1) is 0 Å². The summed E-state index contributed by atoms with van der Waals surface area (Å²) >= 11 is 0. The van der Waals surface area contributed by atoms with E-state index >= 15 is 0 Å². The molecule has 1 fully saturated rings. The van der Waals surface area contributed by atoms with Crippen LogP contribution >= 0.6 is 0 Å². The van der Waals surface area contributed by atoms with E-state index in [0.29, 0.717) is 43.7 Å². The molecule has 8 nitrogen and oxygen atoms in total. The van der Waals surface area contributed by atoms with Gasteiger partial charge in [-0.3, -0.25) is 19.4 Å². The van der Waals surface area contributed by atoms with E-state index in [1.54, 1.807) is 36.5 Å². The van der Waals surface area contributed by atoms with Crippen molar-refractivity contribution in [1.29, 1.82) is 0 Å². The summed E-state index contributed by atoms with van der Waals surface area (Å²) in [6, 6.07) is 10.2. The van der Waals surface area contributed by atoms with Gasteiger partial charge in [0.2, 0.25) is 11.8 Å². The number of carbonyl (C=O) groups excluding carboxylic acids is 3. The Morgan fingerprint density at radius 1 is 1.19 bits per heavy atom. The van der Waals surface area contributed by atoms with E-state index in [0.717, 1.165) is 5.56 Å². The molecule has 3 rings (SSSR count). The molecular weight excluding hydrogens is 396 g/mol. The topological polar surface area (TPSA) is 101 Å². The van der Waals surface area contributed by atoms with Crippen molar-refractivity contribution in [2.75, 3.05) is 20.2 Å². The van der Waals surface area contributed by atoms with Gasteiger partial charge in [-0.05, 0) is 42.7 Å². The standard InChI is InChI=1S/C23H28N4O4/c1-16(28)25-21(14-17-5-3-7-20(13-17)31-2)22(29)26-19-8-11-27(12-9-19)23(30)18-6-4-10-24-15-18/h3-7,10,13,15,19,21H,8-9,11-12,14H2,1-2H3,(H,25,28)(H,26,29). The van der Waals surface area contributed by atoms with Gasteiger partial charge in [0.25, 0.3) is 5.91 Å². The number of benzene rings is 1. The summed E-state index contributed by atoms with van der Waals surface area (Å²) < 4.78 is 5.24. The van der Waals surface area contributed by atoms with Crippen LogP contribution in [0.4, 0.5) is 0 Å². The molecule has 164 valence electrons. The van der Waals surface area contributed by atoms with Crippen LogP contribution in [0, 0.1) is 0 Å². The molecule has 8 heteroatoms. The molecule has 2 aromatic rings. The van der Waals surface area contributed by atoms with Crippen molar-refractivity contribution < 1.29 is 19.1 Å². The third-order valence-electron chi connectivity index (χ3n) is 5.31. The molecule has 0 bridgehead atoms. The van der Waals surface area contributed by atoms with Gasteiger partial charge in [0.15, 0.2) is 0 Å². The van der Waals surface area contributed by atoms with Crippen LogP contribution < -0.4 is 15.4 Å². The van der Waals surface area contributed by atoms with E-state index in [-0.39, 0.29) is 23.8 Å². The first-order valence-corrected chi connectivity index (χ1v) is 10.4. The maximum absolute atomic E-state index is 12.9. The van der Waals surface area contributed by atoms with Crippen LogP contribution in [0.3, 0.4) is 0 Å². The Morgan fingerprint density at radius 2 is 1.97 bits per heavy atom. The van der Waals surface area contributed by atoms with Crippen LogP contribution in [0.5, 0.6) is 5.75 Å². The van der Waals surface area contributed by atoms with Crippen LogP contribution in [0.25, 0.3) is 0 Å². The number of carbonyl (C=O) groups is 3. The highest BCUT2D eigenvalue weighted by Gasteiger charge is 2.27. The highest BCUT2D eigenvalue weighted by Crippen LogP contribution is 2.16. The molecule has 1 atom stereocenters. The summed E-state index contributed by atoms with van der Waals surface area (Å²) in [6.07, 6.45) is 4.87. The number of nitrogens with one attached hydrogen (secondary N) is 2. The number of amides is 3. The molecule has 1 unspecified atom stereocenters. The van der Waals surface area contributed by atoms with Crippen molar-refractivity contribution in [3.05, 3.63) is 59.9 Å². The Hall–Kier alpha value is -3.42. The Bertz CT molecular complexity index is 911. The number of hydrogen-bond donors (Lipinski definition) is 2. The average molecular weight is 425 g/mol. The van der Waals surface area contributed by atoms with Crippen molar-refractivity contribution in [3.8, 4) is 5.75 Å². The Morgan fingerprint density at radius 3 is 2.61 bits per heavy atom. The fourth-order valence-electron chi connectivity index (χ4n) is 3.69. The van der Waals surface area contributed by atoms with Crippen molar-refractivity contribution in [2.24, 2.45) is 0 Å². The molecule has 0 aliphatic carbocycles. The molecule has 0 spiro atoms. The number of pyridine rings is 1. The number of nitrogens with zero attached hydrogens (tertiary/aromatic N) is 2. The molecule has 2 heterocycles. The summed E-state index contributed by atoms with van der Waals surface area (Å²) in [7, 11) is 1.59. The molecule has 1 aromatic heterocycles. The van der Waals surface area contributed by atoms with Gasteiger partial charge in [-0.1, -0.05) is 12.1 Å². The summed E-state index contributed by atoms with van der Waals surface area (Å²) in [4.78, 5) is 42.9. The highest BCUT2D eigenvalue weighted by atomic mass is 16.5. The number of likely N-dealkylation sites (tertiary alicyclic amines) is 1. The smallest absolute Gasteiger partial charge is 0.255 e. The molecule has 1 saturated heterocycles. The lowest BCUT2D eigenvalue weighted by atomic mass is 10.0. The maximum atomic E-state index is 12.9. The van der Waals surface area contributed by atoms with E-state index in [1.807, 2.05) is 24.3 Å². The predicted molar refractivity (Wildman–Crippen MR) is 116 cm³/mol. The van der Waals surface area contributed by atoms with E-state index < -0.39 is 6.04 Å². The van der Waals surface area contributed by atoms with Gasteiger partial charge in [0, 0.05) is 44.9 Å². The van der Waals surface area contributed by atoms with Gasteiger partial charge in [-0.25, -0.2) is 0 Å². The quantitative estimate of drug-likeness (QED) is 0.703. The van der Waals surface area contributed by atoms with Crippen LogP contribution in [0.1, 0.15) is 35.7 Å². The number of piperidine rings is 1. The molecular formula is C23H28N4O4. The zero-order chi connectivity index (χ0) is 22.2. The summed E-state index contributed by atoms with van der Waals surface area (Å²) in [6.45, 7) is 2.51. The second kappa shape index (κ2) is 10.6. The van der Waals surface area contributed by atoms with Crippen molar-refractivity contribution in [1.82, 2.24) is 20.5 Å². The maximum Gasteiger partial charge on any atom is 0.255 e. The molecule has 31 heavy (non-hydrogen) atoms. The Labute approximate surface area is 182 Å². The van der Waals surface area contributed by atoms with Gasteiger partial charge < -0.3 is 20.3 Å². The Balaban J connectivity index is 1.56. The molecule has 1 aromatic carbocycles. The van der Waals surface area contributed by atoms with Crippen molar-refractivity contribution in [3.63, 3.8) is 0 Å². The third kappa shape index (κ3) is 6.28. The molecule has 1 aliphatic heterocycles. The first-order valence-electron chi connectivity index (χ1n) is 10.4. The minimum absolute atomic E-state index is 0.0491. The SMILES string of the molecule is COc1cccc(CC(NC(C)=O)C(=O)NC2CCN(C(=O)c3cccnc3)CC2)c1. The third-order valence-corrected chi connectivity index (χ3v) is 5.31. The second-order valence-corrected chi connectivity index (χ2v) is 7.63.